The fourth-order valence-electron chi connectivity index (χ4n) is 3.54. The van der Waals surface area contributed by atoms with Gasteiger partial charge in [-0.1, -0.05) is 6.42 Å². The summed E-state index contributed by atoms with van der Waals surface area (Å²) in [5, 5.41) is 0. The van der Waals surface area contributed by atoms with Crippen molar-refractivity contribution >= 4 is 5.91 Å². The summed E-state index contributed by atoms with van der Waals surface area (Å²) >= 11 is 0. The second kappa shape index (κ2) is 6.87. The first kappa shape index (κ1) is 14.3. The van der Waals surface area contributed by atoms with Crippen molar-refractivity contribution in [1.29, 1.82) is 0 Å². The molecule has 0 aliphatic carbocycles. The van der Waals surface area contributed by atoms with Crippen molar-refractivity contribution in [2.75, 3.05) is 39.4 Å². The van der Waals surface area contributed by atoms with Crippen molar-refractivity contribution in [3.63, 3.8) is 0 Å². The van der Waals surface area contributed by atoms with E-state index in [2.05, 4.69) is 4.90 Å². The van der Waals surface area contributed by atoms with Crippen LogP contribution in [0.2, 0.25) is 0 Å². The van der Waals surface area contributed by atoms with Crippen molar-refractivity contribution in [2.24, 2.45) is 0 Å². The van der Waals surface area contributed by atoms with E-state index in [4.69, 9.17) is 9.47 Å². The number of hydrogen-bond donors (Lipinski definition) is 0. The number of likely N-dealkylation sites (tertiary alicyclic amines) is 2. The lowest BCUT2D eigenvalue weighted by molar-refractivity contribution is -0.140. The van der Waals surface area contributed by atoms with Gasteiger partial charge in [-0.2, -0.15) is 0 Å². The molecule has 1 amide bonds. The second-order valence-corrected chi connectivity index (χ2v) is 6.09. The monoisotopic (exact) mass is 282 g/mol. The molecule has 114 valence electrons. The van der Waals surface area contributed by atoms with Gasteiger partial charge in [0.2, 0.25) is 5.91 Å². The largest absolute Gasteiger partial charge is 0.349 e. The van der Waals surface area contributed by atoms with E-state index < -0.39 is 0 Å². The lowest BCUT2D eigenvalue weighted by Crippen LogP contribution is -2.52. The smallest absolute Gasteiger partial charge is 0.236 e. The summed E-state index contributed by atoms with van der Waals surface area (Å²) in [6.45, 7) is 4.78. The highest BCUT2D eigenvalue weighted by Crippen LogP contribution is 2.24. The Morgan fingerprint density at radius 2 is 1.65 bits per heavy atom. The number of piperidine rings is 2. The summed E-state index contributed by atoms with van der Waals surface area (Å²) in [6.07, 6.45) is 6.93. The lowest BCUT2D eigenvalue weighted by Gasteiger charge is -2.38. The highest BCUT2D eigenvalue weighted by atomic mass is 16.7. The number of ether oxygens (including phenoxy) is 2. The van der Waals surface area contributed by atoms with Crippen LogP contribution in [-0.2, 0) is 14.3 Å². The van der Waals surface area contributed by atoms with Gasteiger partial charge in [0, 0.05) is 13.1 Å². The van der Waals surface area contributed by atoms with E-state index in [9.17, 15) is 4.79 Å². The Labute approximate surface area is 121 Å². The predicted molar refractivity (Wildman–Crippen MR) is 75.3 cm³/mol. The van der Waals surface area contributed by atoms with Gasteiger partial charge in [-0.15, -0.1) is 0 Å². The third kappa shape index (κ3) is 3.32. The maximum absolute atomic E-state index is 12.4. The van der Waals surface area contributed by atoms with Crippen molar-refractivity contribution < 1.29 is 14.3 Å². The molecule has 0 aromatic heterocycles. The molecular weight excluding hydrogens is 256 g/mol. The summed E-state index contributed by atoms with van der Waals surface area (Å²) in [7, 11) is 0. The Bertz CT molecular complexity index is 325. The van der Waals surface area contributed by atoms with E-state index >= 15 is 0 Å². The zero-order chi connectivity index (χ0) is 13.8. The first-order chi connectivity index (χ1) is 9.84. The minimum absolute atomic E-state index is 0.121. The normalized spacial score (nSPS) is 29.8. The quantitative estimate of drug-likeness (QED) is 0.781. The van der Waals surface area contributed by atoms with E-state index in [1.807, 2.05) is 4.90 Å². The summed E-state index contributed by atoms with van der Waals surface area (Å²) < 4.78 is 11.3. The fraction of sp³-hybridized carbons (Fsp3) is 0.933. The minimum Gasteiger partial charge on any atom is -0.349 e. The summed E-state index contributed by atoms with van der Waals surface area (Å²) in [6, 6.07) is 0.264. The molecular formula is C15H26N2O3. The van der Waals surface area contributed by atoms with Gasteiger partial charge in [0.05, 0.1) is 25.8 Å². The van der Waals surface area contributed by atoms with Crippen LogP contribution in [0.15, 0.2) is 0 Å². The molecule has 0 saturated carbocycles. The van der Waals surface area contributed by atoms with E-state index in [0.29, 0.717) is 19.8 Å². The minimum atomic E-state index is -0.121. The Morgan fingerprint density at radius 3 is 2.40 bits per heavy atom. The predicted octanol–water partition coefficient (Wildman–Crippen LogP) is 1.23. The van der Waals surface area contributed by atoms with Gasteiger partial charge >= 0.3 is 0 Å². The van der Waals surface area contributed by atoms with Crippen LogP contribution < -0.4 is 0 Å². The summed E-state index contributed by atoms with van der Waals surface area (Å²) in [4.78, 5) is 16.8. The lowest BCUT2D eigenvalue weighted by atomic mass is 10.0. The molecule has 0 aromatic carbocycles. The van der Waals surface area contributed by atoms with E-state index in [0.717, 1.165) is 38.9 Å². The van der Waals surface area contributed by atoms with Crippen LogP contribution in [0.1, 0.15) is 38.5 Å². The van der Waals surface area contributed by atoms with Crippen molar-refractivity contribution in [3.05, 3.63) is 0 Å². The van der Waals surface area contributed by atoms with Crippen LogP contribution in [0.25, 0.3) is 0 Å². The SMILES string of the molecule is O=C(CN1CCCCC1C1OCCO1)N1CCCCC1. The molecule has 20 heavy (non-hydrogen) atoms. The van der Waals surface area contributed by atoms with E-state index in [1.165, 1.54) is 19.3 Å². The third-order valence-corrected chi connectivity index (χ3v) is 4.67. The van der Waals surface area contributed by atoms with Gasteiger partial charge in [0.15, 0.2) is 6.29 Å². The van der Waals surface area contributed by atoms with Crippen molar-refractivity contribution in [1.82, 2.24) is 9.80 Å². The molecule has 3 fully saturated rings. The molecule has 3 heterocycles. The molecule has 1 unspecified atom stereocenters. The maximum Gasteiger partial charge on any atom is 0.236 e. The number of amides is 1. The van der Waals surface area contributed by atoms with Crippen molar-refractivity contribution in [2.45, 2.75) is 50.9 Å². The molecule has 3 aliphatic heterocycles. The standard InChI is InChI=1S/C15H26N2O3/c18-14(16-7-3-1-4-8-16)12-17-9-5-2-6-13(17)15-19-10-11-20-15/h13,15H,1-12H2. The first-order valence-electron chi connectivity index (χ1n) is 8.09. The zero-order valence-electron chi connectivity index (χ0n) is 12.3. The van der Waals surface area contributed by atoms with Crippen LogP contribution in [-0.4, -0.2) is 67.4 Å². The Kier molecular flexibility index (Phi) is 4.91. The topological polar surface area (TPSA) is 42.0 Å². The molecule has 0 spiro atoms. The zero-order valence-corrected chi connectivity index (χ0v) is 12.3. The van der Waals surface area contributed by atoms with Crippen LogP contribution >= 0.6 is 0 Å². The fourth-order valence-corrected chi connectivity index (χ4v) is 3.54. The molecule has 0 aromatic rings. The molecule has 3 saturated heterocycles. The molecule has 5 heteroatoms. The molecule has 5 nitrogen and oxygen atoms in total. The maximum atomic E-state index is 12.4. The number of carbonyl (C=O) groups excluding carboxylic acids is 1. The number of hydrogen-bond acceptors (Lipinski definition) is 4. The highest BCUT2D eigenvalue weighted by Gasteiger charge is 2.35. The molecule has 1 atom stereocenters. The van der Waals surface area contributed by atoms with Gasteiger partial charge in [-0.25, -0.2) is 0 Å². The summed E-state index contributed by atoms with van der Waals surface area (Å²) in [5.74, 6) is 0.287. The number of rotatable bonds is 3. The molecule has 3 aliphatic rings. The number of carbonyl (C=O) groups is 1. The Balaban J connectivity index is 1.56. The van der Waals surface area contributed by atoms with Gasteiger partial charge in [0.25, 0.3) is 0 Å². The number of nitrogens with zero attached hydrogens (tertiary/aromatic N) is 2. The summed E-state index contributed by atoms with van der Waals surface area (Å²) in [5.41, 5.74) is 0. The average Bonchev–Trinajstić information content (AvgIpc) is 3.03. The van der Waals surface area contributed by atoms with Crippen LogP contribution in [0.3, 0.4) is 0 Å². The van der Waals surface area contributed by atoms with Gasteiger partial charge in [0.1, 0.15) is 0 Å². The average molecular weight is 282 g/mol. The Morgan fingerprint density at radius 1 is 0.950 bits per heavy atom. The molecule has 0 radical (unpaired) electrons. The third-order valence-electron chi connectivity index (χ3n) is 4.67. The van der Waals surface area contributed by atoms with Crippen molar-refractivity contribution in [3.8, 4) is 0 Å². The first-order valence-corrected chi connectivity index (χ1v) is 8.09. The van der Waals surface area contributed by atoms with Gasteiger partial charge in [-0.3, -0.25) is 9.69 Å². The van der Waals surface area contributed by atoms with Crippen LogP contribution in [0.4, 0.5) is 0 Å². The molecule has 0 N–H and O–H groups in total. The Hall–Kier alpha value is -0.650. The van der Waals surface area contributed by atoms with Gasteiger partial charge < -0.3 is 14.4 Å². The molecule has 0 bridgehead atoms. The second-order valence-electron chi connectivity index (χ2n) is 6.09. The van der Waals surface area contributed by atoms with Gasteiger partial charge in [-0.05, 0) is 38.6 Å². The van der Waals surface area contributed by atoms with E-state index in [-0.39, 0.29) is 18.2 Å². The molecule has 3 rings (SSSR count). The van der Waals surface area contributed by atoms with Crippen LogP contribution in [0.5, 0.6) is 0 Å². The van der Waals surface area contributed by atoms with Crippen LogP contribution in [0, 0.1) is 0 Å². The highest BCUT2D eigenvalue weighted by molar-refractivity contribution is 5.78. The van der Waals surface area contributed by atoms with E-state index in [1.54, 1.807) is 0 Å².